The van der Waals surface area contributed by atoms with Crippen LogP contribution in [-0.2, 0) is 17.8 Å². The SMILES string of the molecule is Cc1c(-c2cc3cc(Nc4cc5n(n4)CC(=O)N(C)CC5)ncc3c(N)c2F)cnc2c1NCCC2F. The van der Waals surface area contributed by atoms with Gasteiger partial charge in [0.25, 0.3) is 0 Å². The number of hydrogen-bond acceptors (Lipinski definition) is 7. The van der Waals surface area contributed by atoms with Gasteiger partial charge >= 0.3 is 0 Å². The first-order valence-corrected chi connectivity index (χ1v) is 12.1. The monoisotopic (exact) mass is 504 g/mol. The smallest absolute Gasteiger partial charge is 0.244 e. The van der Waals surface area contributed by atoms with Crippen molar-refractivity contribution >= 4 is 39.7 Å². The Kier molecular flexibility index (Phi) is 5.43. The first-order chi connectivity index (χ1) is 17.8. The van der Waals surface area contributed by atoms with E-state index in [0.29, 0.717) is 65.3 Å². The van der Waals surface area contributed by atoms with Crippen molar-refractivity contribution in [2.24, 2.45) is 0 Å². The molecule has 11 heteroatoms. The molecule has 190 valence electrons. The van der Waals surface area contributed by atoms with Gasteiger partial charge in [-0.1, -0.05) is 0 Å². The fourth-order valence-corrected chi connectivity index (χ4v) is 5.02. The molecule has 6 rings (SSSR count). The maximum Gasteiger partial charge on any atom is 0.244 e. The Hall–Kier alpha value is -4.28. The summed E-state index contributed by atoms with van der Waals surface area (Å²) < 4.78 is 31.5. The van der Waals surface area contributed by atoms with Gasteiger partial charge in [0.05, 0.1) is 17.1 Å². The van der Waals surface area contributed by atoms with Crippen molar-refractivity contribution in [2.75, 3.05) is 36.5 Å². The Morgan fingerprint density at radius 3 is 2.84 bits per heavy atom. The van der Waals surface area contributed by atoms with Crippen LogP contribution in [0.2, 0.25) is 0 Å². The fourth-order valence-electron chi connectivity index (χ4n) is 5.02. The Morgan fingerprint density at radius 2 is 2.00 bits per heavy atom. The zero-order valence-corrected chi connectivity index (χ0v) is 20.5. The van der Waals surface area contributed by atoms with Crippen molar-refractivity contribution in [1.82, 2.24) is 24.6 Å². The van der Waals surface area contributed by atoms with Crippen molar-refractivity contribution in [2.45, 2.75) is 32.5 Å². The number of nitrogens with zero attached hydrogens (tertiary/aromatic N) is 5. The number of anilines is 4. The number of likely N-dealkylation sites (N-methyl/N-ethyl adjacent to an activating group) is 1. The summed E-state index contributed by atoms with van der Waals surface area (Å²) in [6, 6.07) is 5.38. The molecule has 3 aromatic heterocycles. The Balaban J connectivity index is 1.37. The molecular formula is C26H26F2N8O. The predicted molar refractivity (Wildman–Crippen MR) is 138 cm³/mol. The molecule has 1 unspecified atom stereocenters. The zero-order chi connectivity index (χ0) is 25.8. The molecule has 1 amide bonds. The molecule has 1 aromatic carbocycles. The van der Waals surface area contributed by atoms with Crippen LogP contribution in [-0.4, -0.2) is 50.7 Å². The predicted octanol–water partition coefficient (Wildman–Crippen LogP) is 4.11. The number of aromatic nitrogens is 4. The van der Waals surface area contributed by atoms with Gasteiger partial charge < -0.3 is 21.3 Å². The third-order valence-electron chi connectivity index (χ3n) is 7.19. The molecule has 37 heavy (non-hydrogen) atoms. The minimum absolute atomic E-state index is 0.00598. The van der Waals surface area contributed by atoms with Crippen molar-refractivity contribution in [3.63, 3.8) is 0 Å². The quantitative estimate of drug-likeness (QED) is 0.360. The van der Waals surface area contributed by atoms with E-state index < -0.39 is 12.0 Å². The van der Waals surface area contributed by atoms with E-state index in [4.69, 9.17) is 5.73 Å². The summed E-state index contributed by atoms with van der Waals surface area (Å²) in [6.07, 6.45) is 2.94. The number of alkyl halides is 1. The van der Waals surface area contributed by atoms with Gasteiger partial charge in [-0.25, -0.2) is 13.8 Å². The minimum atomic E-state index is -1.15. The number of amides is 1. The van der Waals surface area contributed by atoms with Crippen LogP contribution in [0.5, 0.6) is 0 Å². The van der Waals surface area contributed by atoms with E-state index in [1.54, 1.807) is 28.8 Å². The van der Waals surface area contributed by atoms with Gasteiger partial charge in [-0.15, -0.1) is 0 Å². The summed E-state index contributed by atoms with van der Waals surface area (Å²) in [5.41, 5.74) is 9.64. The standard InChI is InChI=1S/C26H26F2N8O/c1-13-17(10-32-26-19(27)3-5-30-25(13)26)16-7-14-8-20(31-11-18(14)24(29)23(16)28)33-21-9-15-4-6-35(2)22(37)12-36(15)34-21/h7-11,19,30H,3-6,12,29H2,1-2H3,(H,31,33,34). The van der Waals surface area contributed by atoms with Gasteiger partial charge in [0.15, 0.2) is 11.6 Å². The molecule has 0 saturated heterocycles. The minimum Gasteiger partial charge on any atom is -0.396 e. The first-order valence-electron chi connectivity index (χ1n) is 12.1. The number of carbonyl (C=O) groups is 1. The molecule has 2 aliphatic rings. The Bertz CT molecular complexity index is 1570. The number of nitrogens with one attached hydrogen (secondary N) is 2. The highest BCUT2D eigenvalue weighted by Gasteiger charge is 2.25. The molecule has 0 spiro atoms. The highest BCUT2D eigenvalue weighted by molar-refractivity contribution is 5.98. The van der Waals surface area contributed by atoms with Gasteiger partial charge in [-0.05, 0) is 30.0 Å². The molecule has 4 aromatic rings. The topological polar surface area (TPSA) is 114 Å². The van der Waals surface area contributed by atoms with E-state index in [9.17, 15) is 9.18 Å². The number of hydrogen-bond donors (Lipinski definition) is 3. The molecule has 9 nitrogen and oxygen atoms in total. The summed E-state index contributed by atoms with van der Waals surface area (Å²) in [4.78, 5) is 22.6. The average Bonchev–Trinajstić information content (AvgIpc) is 3.20. The third kappa shape index (κ3) is 3.90. The van der Waals surface area contributed by atoms with E-state index in [1.165, 1.54) is 12.4 Å². The molecule has 1 atom stereocenters. The van der Waals surface area contributed by atoms with Gasteiger partial charge in [0, 0.05) is 73.6 Å². The van der Waals surface area contributed by atoms with Crippen molar-refractivity contribution in [3.8, 4) is 11.1 Å². The van der Waals surface area contributed by atoms with E-state index in [2.05, 4.69) is 25.7 Å². The summed E-state index contributed by atoms with van der Waals surface area (Å²) >= 11 is 0. The summed E-state index contributed by atoms with van der Waals surface area (Å²) in [6.45, 7) is 3.13. The van der Waals surface area contributed by atoms with Gasteiger partial charge in [0.1, 0.15) is 18.5 Å². The molecule has 0 fully saturated rings. The fraction of sp³-hybridized carbons (Fsp3) is 0.308. The lowest BCUT2D eigenvalue weighted by Gasteiger charge is -2.24. The number of fused-ring (bicyclic) bond motifs is 3. The van der Waals surface area contributed by atoms with Crippen LogP contribution >= 0.6 is 0 Å². The second kappa shape index (κ2) is 8.68. The number of nitrogen functional groups attached to an aromatic ring is 1. The number of carbonyl (C=O) groups excluding carboxylic acids is 1. The second-order valence-corrected chi connectivity index (χ2v) is 9.55. The van der Waals surface area contributed by atoms with Crippen LogP contribution in [0.25, 0.3) is 21.9 Å². The summed E-state index contributed by atoms with van der Waals surface area (Å²) in [7, 11) is 1.78. The maximum absolute atomic E-state index is 15.4. The Morgan fingerprint density at radius 1 is 1.16 bits per heavy atom. The molecule has 5 heterocycles. The van der Waals surface area contributed by atoms with Gasteiger partial charge in [-0.3, -0.25) is 14.5 Å². The number of halogens is 2. The van der Waals surface area contributed by atoms with Crippen LogP contribution in [0.3, 0.4) is 0 Å². The largest absolute Gasteiger partial charge is 0.396 e. The molecule has 0 bridgehead atoms. The molecule has 0 aliphatic carbocycles. The van der Waals surface area contributed by atoms with E-state index in [1.807, 2.05) is 13.0 Å². The zero-order valence-electron chi connectivity index (χ0n) is 20.5. The second-order valence-electron chi connectivity index (χ2n) is 9.55. The van der Waals surface area contributed by atoms with Crippen molar-refractivity contribution < 1.29 is 13.6 Å². The highest BCUT2D eigenvalue weighted by Crippen LogP contribution is 2.40. The lowest BCUT2D eigenvalue weighted by atomic mass is 9.94. The van der Waals surface area contributed by atoms with Crippen LogP contribution in [0, 0.1) is 12.7 Å². The molecule has 4 N–H and O–H groups in total. The highest BCUT2D eigenvalue weighted by atomic mass is 19.1. The molecule has 2 aliphatic heterocycles. The first kappa shape index (κ1) is 23.1. The van der Waals surface area contributed by atoms with Gasteiger partial charge in [0.2, 0.25) is 5.91 Å². The maximum atomic E-state index is 15.4. The molecule has 0 radical (unpaired) electrons. The van der Waals surface area contributed by atoms with Crippen LogP contribution < -0.4 is 16.4 Å². The lowest BCUT2D eigenvalue weighted by Crippen LogP contribution is -2.29. The van der Waals surface area contributed by atoms with Crippen molar-refractivity contribution in [1.29, 1.82) is 0 Å². The summed E-state index contributed by atoms with van der Waals surface area (Å²) in [5, 5.41) is 12.1. The number of benzene rings is 1. The number of pyridine rings is 2. The number of nitrogens with two attached hydrogens (primary N) is 1. The van der Waals surface area contributed by atoms with Crippen LogP contribution in [0.1, 0.15) is 29.5 Å². The van der Waals surface area contributed by atoms with Crippen LogP contribution in [0.4, 0.5) is 31.8 Å². The Labute approximate surface area is 211 Å². The van der Waals surface area contributed by atoms with E-state index >= 15 is 4.39 Å². The van der Waals surface area contributed by atoms with Crippen molar-refractivity contribution in [3.05, 3.63) is 53.4 Å². The lowest BCUT2D eigenvalue weighted by molar-refractivity contribution is -0.130. The molecular weight excluding hydrogens is 478 g/mol. The van der Waals surface area contributed by atoms with E-state index in [-0.39, 0.29) is 23.7 Å². The van der Waals surface area contributed by atoms with Crippen LogP contribution in [0.15, 0.2) is 30.6 Å². The molecule has 0 saturated carbocycles. The normalized spacial score (nSPS) is 17.2. The third-order valence-corrected chi connectivity index (χ3v) is 7.19. The summed E-state index contributed by atoms with van der Waals surface area (Å²) in [5.74, 6) is 0.505. The number of rotatable bonds is 3. The average molecular weight is 505 g/mol. The van der Waals surface area contributed by atoms with Gasteiger partial charge in [-0.2, -0.15) is 5.10 Å². The van der Waals surface area contributed by atoms with E-state index in [0.717, 1.165) is 11.3 Å².